The molecule has 2 aromatic carbocycles. The summed E-state index contributed by atoms with van der Waals surface area (Å²) in [4.78, 5) is 79.7. The number of allylic oxidation sites excluding steroid dienone is 8. The van der Waals surface area contributed by atoms with E-state index in [4.69, 9.17) is 23.7 Å². The van der Waals surface area contributed by atoms with E-state index in [9.17, 15) is 28.8 Å². The number of aryl methyl sites for hydroxylation is 1. The second kappa shape index (κ2) is 31.1. The van der Waals surface area contributed by atoms with Gasteiger partial charge in [-0.25, -0.2) is 0 Å². The van der Waals surface area contributed by atoms with Gasteiger partial charge in [0, 0.05) is 55.4 Å². The summed E-state index contributed by atoms with van der Waals surface area (Å²) in [5.41, 5.74) is 10.2. The number of Topliss-reactive ketones (excluding diaryl/α,β-unsaturated/α-hetero) is 4. The number of para-hydroxylation sites is 1. The molecule has 0 radical (unpaired) electrons. The number of hydrogen-bond donors (Lipinski definition) is 0. The van der Waals surface area contributed by atoms with Crippen LogP contribution in [-0.2, 0) is 58.9 Å². The van der Waals surface area contributed by atoms with Crippen molar-refractivity contribution in [1.82, 2.24) is 4.90 Å². The third-order valence-electron chi connectivity index (χ3n) is 17.1. The summed E-state index contributed by atoms with van der Waals surface area (Å²) < 4.78 is 26.9. The number of carbonyl (C=O) groups is 6. The van der Waals surface area contributed by atoms with E-state index in [1.165, 1.54) is 22.3 Å². The van der Waals surface area contributed by atoms with Crippen LogP contribution in [0.15, 0.2) is 89.1 Å². The minimum absolute atomic E-state index is 0.0167. The molecule has 2 aromatic rings. The lowest BCUT2D eigenvalue weighted by molar-refractivity contribution is -0.143. The monoisotopic (exact) mass is 1090 g/mol. The molecule has 5 atom stereocenters. The number of fused-ring (bicyclic) bond motifs is 1. The number of likely N-dealkylation sites (tertiary alicyclic amines) is 1. The van der Waals surface area contributed by atoms with E-state index in [1.54, 1.807) is 0 Å². The van der Waals surface area contributed by atoms with Gasteiger partial charge in [0.2, 0.25) is 5.91 Å². The van der Waals surface area contributed by atoms with Gasteiger partial charge in [0.25, 0.3) is 0 Å². The van der Waals surface area contributed by atoms with Crippen molar-refractivity contribution in [2.45, 2.75) is 163 Å². The number of rotatable bonds is 29. The number of aldehydes is 1. The van der Waals surface area contributed by atoms with E-state index in [2.05, 4.69) is 101 Å². The first-order chi connectivity index (χ1) is 37.9. The largest absolute Gasteiger partial charge is 0.377 e. The second-order valence-electron chi connectivity index (χ2n) is 23.6. The summed E-state index contributed by atoms with van der Waals surface area (Å²) in [6.07, 6.45) is 16.1. The Morgan fingerprint density at radius 3 is 1.96 bits per heavy atom. The number of amides is 1. The van der Waals surface area contributed by atoms with Gasteiger partial charge in [-0.3, -0.25) is 24.0 Å². The van der Waals surface area contributed by atoms with Gasteiger partial charge in [-0.1, -0.05) is 94.0 Å². The van der Waals surface area contributed by atoms with Crippen LogP contribution in [0.2, 0.25) is 0 Å². The van der Waals surface area contributed by atoms with Crippen LogP contribution in [0, 0.1) is 23.2 Å². The van der Waals surface area contributed by atoms with Gasteiger partial charge < -0.3 is 38.3 Å². The van der Waals surface area contributed by atoms with Crippen molar-refractivity contribution in [3.8, 4) is 0 Å². The summed E-state index contributed by atoms with van der Waals surface area (Å²) in [5.74, 6) is 0.992. The van der Waals surface area contributed by atoms with Gasteiger partial charge in [0.15, 0.2) is 17.3 Å². The van der Waals surface area contributed by atoms with Gasteiger partial charge in [0.05, 0.1) is 64.8 Å². The molecule has 5 aliphatic rings. The number of nitrogens with zero attached hydrogens (tertiary/aromatic N) is 2. The van der Waals surface area contributed by atoms with Crippen LogP contribution in [0.4, 0.5) is 5.69 Å². The van der Waals surface area contributed by atoms with Crippen molar-refractivity contribution in [2.75, 3.05) is 77.5 Å². The average molecular weight is 1090 g/mol. The molecular weight excluding hydrogens is 997 g/mol. The zero-order chi connectivity index (χ0) is 57.1. The first kappa shape index (κ1) is 63.0. The fourth-order valence-electron chi connectivity index (χ4n) is 12.1. The maximum Gasteiger partial charge on any atom is 0.226 e. The van der Waals surface area contributed by atoms with Crippen LogP contribution in [0.25, 0.3) is 5.57 Å². The lowest BCUT2D eigenvalue weighted by Crippen LogP contribution is -2.45. The molecule has 2 aliphatic heterocycles. The summed E-state index contributed by atoms with van der Waals surface area (Å²) in [6, 6.07) is 16.9. The fraction of sp³-hybridized carbons (Fsp3) is 0.606. The maximum absolute atomic E-state index is 13.8. The molecule has 3 unspecified atom stereocenters. The first-order valence-electron chi connectivity index (χ1n) is 29.3. The molecule has 13 heteroatoms. The fourth-order valence-corrected chi connectivity index (χ4v) is 12.1. The van der Waals surface area contributed by atoms with Crippen molar-refractivity contribution in [2.24, 2.45) is 23.2 Å². The summed E-state index contributed by atoms with van der Waals surface area (Å²) in [6.45, 7) is 23.1. The van der Waals surface area contributed by atoms with E-state index in [-0.39, 0.29) is 83.5 Å². The first-order valence-corrected chi connectivity index (χ1v) is 29.3. The molecule has 0 aromatic heterocycles. The van der Waals surface area contributed by atoms with Crippen LogP contribution >= 0.6 is 0 Å². The van der Waals surface area contributed by atoms with Gasteiger partial charge in [-0.05, 0) is 149 Å². The molecule has 3 aliphatic carbocycles. The number of benzene rings is 2. The summed E-state index contributed by atoms with van der Waals surface area (Å²) >= 11 is 0. The smallest absolute Gasteiger partial charge is 0.226 e. The molecule has 1 amide bonds. The summed E-state index contributed by atoms with van der Waals surface area (Å²) in [7, 11) is 0. The van der Waals surface area contributed by atoms with Crippen LogP contribution in [-0.4, -0.2) is 131 Å². The van der Waals surface area contributed by atoms with Gasteiger partial charge in [-0.2, -0.15) is 0 Å². The Balaban J connectivity index is 0.000000294. The van der Waals surface area contributed by atoms with E-state index in [0.717, 1.165) is 79.3 Å². The molecule has 79 heavy (non-hydrogen) atoms. The van der Waals surface area contributed by atoms with Gasteiger partial charge in [0.1, 0.15) is 25.3 Å². The molecule has 2 fully saturated rings. The Morgan fingerprint density at radius 2 is 1.35 bits per heavy atom. The normalized spacial score (nSPS) is 21.9. The van der Waals surface area contributed by atoms with Crippen molar-refractivity contribution in [3.63, 3.8) is 0 Å². The predicted molar refractivity (Wildman–Crippen MR) is 311 cm³/mol. The van der Waals surface area contributed by atoms with Crippen molar-refractivity contribution < 1.29 is 52.5 Å². The molecule has 432 valence electrons. The molecule has 7 rings (SSSR count). The maximum atomic E-state index is 13.8. The molecule has 0 spiro atoms. The van der Waals surface area contributed by atoms with Crippen molar-refractivity contribution >= 4 is 46.6 Å². The number of ether oxygens (including phenoxy) is 5. The predicted octanol–water partition coefficient (Wildman–Crippen LogP) is 11.2. The van der Waals surface area contributed by atoms with Gasteiger partial charge >= 0.3 is 0 Å². The van der Waals surface area contributed by atoms with Crippen LogP contribution in [0.5, 0.6) is 0 Å². The Kier molecular flexibility index (Phi) is 24.8. The lowest BCUT2D eigenvalue weighted by atomic mass is 9.76. The van der Waals surface area contributed by atoms with E-state index >= 15 is 0 Å². The highest BCUT2D eigenvalue weighted by molar-refractivity contribution is 6.00. The zero-order valence-electron chi connectivity index (χ0n) is 49.1. The van der Waals surface area contributed by atoms with Crippen LogP contribution in [0.1, 0.15) is 156 Å². The lowest BCUT2D eigenvalue weighted by Gasteiger charge is -2.40. The number of ketones is 4. The highest BCUT2D eigenvalue weighted by Gasteiger charge is 2.44. The van der Waals surface area contributed by atoms with Crippen molar-refractivity contribution in [3.05, 3.63) is 106 Å². The average Bonchev–Trinajstić information content (AvgIpc) is 4.26. The third-order valence-corrected chi connectivity index (χ3v) is 17.1. The van der Waals surface area contributed by atoms with E-state index in [0.29, 0.717) is 97.3 Å². The third kappa shape index (κ3) is 17.9. The molecule has 1 saturated heterocycles. The quantitative estimate of drug-likeness (QED) is 0.0562. The topological polar surface area (TPSA) is 155 Å². The standard InChI is InChI=1S/C40H57NO9.C26H35NO2/c1-28-25-29(2)34(38(44)26-28)13-14-37(43)40-31(4)41(36-8-6-5-7-35(36)40)30(3)32-9-11-33(12-10-32)39(45)27-50-24-23-49-22-21-48-20-19-47-18-17-46-16-15-42;1-18-8-6-9-22(18)21-14-11-20(12-15-21)13-16-24(28)23-10-7-17-27(23)25(29)19(2)26(3,4)5/h5-8,15,25,30-33,40H,9-14,16-24,26-27H2,1-4H3;6,8,11-12,14-15,19,23H,7,9-10,13,16-17H2,1-5H3/t;19-,23+/m.1/s1. The SMILES string of the molecule is CC1=C(c2ccc(CCC(=O)[C@@H]3CCCN3C(=O)[C@@H](C)C(C)(C)C)cc2)CC=C1.CC1=CC(C)=C(CCC(=O)C2c3ccccc3N(C(C)C3CCC(C(=O)COCCOCCOCCOCCOCC=O)CC3)C2C)C(=O)C1. The molecule has 2 heterocycles. The van der Waals surface area contributed by atoms with E-state index < -0.39 is 0 Å². The molecular formula is C66H92N2O11. The Bertz CT molecular complexity index is 2510. The molecule has 0 bridgehead atoms. The number of hydrogen-bond acceptors (Lipinski definition) is 12. The van der Waals surface area contributed by atoms with Gasteiger partial charge in [-0.15, -0.1) is 0 Å². The highest BCUT2D eigenvalue weighted by Crippen LogP contribution is 2.46. The van der Waals surface area contributed by atoms with Crippen LogP contribution < -0.4 is 4.90 Å². The second-order valence-corrected chi connectivity index (χ2v) is 23.6. The minimum atomic E-state index is -0.232. The highest BCUT2D eigenvalue weighted by atomic mass is 16.6. The zero-order valence-corrected chi connectivity index (χ0v) is 49.1. The number of anilines is 1. The van der Waals surface area contributed by atoms with Crippen molar-refractivity contribution in [1.29, 1.82) is 0 Å². The molecule has 0 N–H and O–H groups in total. The molecule has 13 nitrogen and oxygen atoms in total. The Hall–Kier alpha value is -5.18. The Labute approximate surface area is 471 Å². The molecule has 1 saturated carbocycles. The number of carbonyl (C=O) groups excluding carboxylic acids is 6. The summed E-state index contributed by atoms with van der Waals surface area (Å²) in [5, 5.41) is 0. The Morgan fingerprint density at radius 1 is 0.734 bits per heavy atom. The van der Waals surface area contributed by atoms with Crippen LogP contribution in [0.3, 0.4) is 0 Å². The minimum Gasteiger partial charge on any atom is -0.377 e. The van der Waals surface area contributed by atoms with E-state index in [1.807, 2.05) is 37.8 Å².